The van der Waals surface area contributed by atoms with Crippen molar-refractivity contribution in [2.75, 3.05) is 0 Å². The van der Waals surface area contributed by atoms with Crippen LogP contribution in [-0.4, -0.2) is 127 Å². The zero-order chi connectivity index (χ0) is 39.3. The number of carbonyl (C=O) groups is 2. The molecule has 2 spiro atoms. The van der Waals surface area contributed by atoms with Gasteiger partial charge in [-0.3, -0.25) is 9.59 Å². The molecule has 0 aromatic heterocycles. The van der Waals surface area contributed by atoms with Gasteiger partial charge in [0.15, 0.2) is 5.79 Å². The minimum Gasteiger partial charge on any atom is -0.481 e. The van der Waals surface area contributed by atoms with Gasteiger partial charge in [0.25, 0.3) is 0 Å². The summed E-state index contributed by atoms with van der Waals surface area (Å²) < 4.78 is 33.5. The molecule has 4 fully saturated rings. The summed E-state index contributed by atoms with van der Waals surface area (Å²) in [5, 5.41) is 44.0. The fourth-order valence-electron chi connectivity index (χ4n) is 10.5. The van der Waals surface area contributed by atoms with E-state index in [2.05, 4.69) is 20.8 Å². The van der Waals surface area contributed by atoms with Crippen molar-refractivity contribution in [1.29, 1.82) is 0 Å². The molecule has 305 valence electrons. The Balaban J connectivity index is 0.00000650. The largest absolute Gasteiger partial charge is 0.481 e. The Kier molecular flexibility index (Phi) is 15.3. The molecule has 0 bridgehead atoms. The van der Waals surface area contributed by atoms with Crippen molar-refractivity contribution in [2.45, 2.75) is 199 Å². The van der Waals surface area contributed by atoms with Gasteiger partial charge in [-0.2, -0.15) is 0 Å². The van der Waals surface area contributed by atoms with Gasteiger partial charge in [0, 0.05) is 59.6 Å². The summed E-state index contributed by atoms with van der Waals surface area (Å²) in [4.78, 5) is 26.4. The van der Waals surface area contributed by atoms with Crippen LogP contribution < -0.4 is 0 Å². The van der Waals surface area contributed by atoms with Crippen LogP contribution >= 0.6 is 0 Å². The van der Waals surface area contributed by atoms with Crippen LogP contribution in [0, 0.1) is 41.4 Å². The summed E-state index contributed by atoms with van der Waals surface area (Å²) in [6.45, 7) is 19.6. The van der Waals surface area contributed by atoms with Crippen LogP contribution in [-0.2, 0) is 33.3 Å². The van der Waals surface area contributed by atoms with Crippen molar-refractivity contribution in [3.8, 4) is 0 Å². The second-order valence-corrected chi connectivity index (χ2v) is 17.9. The van der Waals surface area contributed by atoms with E-state index >= 15 is 0 Å². The molecule has 5 heterocycles. The molecule has 11 nitrogen and oxygen atoms in total. The minimum atomic E-state index is -1.37. The average molecular weight is 774 g/mol. The van der Waals surface area contributed by atoms with E-state index in [0.29, 0.717) is 57.8 Å². The molecular formula is C42H70NaO11. The normalized spacial score (nSPS) is 45.3. The van der Waals surface area contributed by atoms with Gasteiger partial charge in [-0.25, -0.2) is 0 Å². The molecule has 0 saturated carbocycles. The van der Waals surface area contributed by atoms with Crippen LogP contribution in [0.4, 0.5) is 0 Å². The van der Waals surface area contributed by atoms with E-state index in [-0.39, 0.29) is 71.4 Å². The molecule has 5 aliphatic rings. The zero-order valence-electron chi connectivity index (χ0n) is 35.0. The first-order valence-corrected chi connectivity index (χ1v) is 20.7. The first kappa shape index (κ1) is 46.3. The van der Waals surface area contributed by atoms with Gasteiger partial charge >= 0.3 is 5.97 Å². The van der Waals surface area contributed by atoms with Crippen LogP contribution in [0.25, 0.3) is 0 Å². The second-order valence-electron chi connectivity index (χ2n) is 17.9. The molecular weight excluding hydrogens is 703 g/mol. The molecule has 0 unspecified atom stereocenters. The number of carboxylic acids is 1. The number of aliphatic carboxylic acids is 1. The number of carbonyl (C=O) groups excluding carboxylic acids is 1. The third kappa shape index (κ3) is 8.63. The predicted molar refractivity (Wildman–Crippen MR) is 204 cm³/mol. The van der Waals surface area contributed by atoms with E-state index in [1.165, 1.54) is 0 Å². The zero-order valence-corrected chi connectivity index (χ0v) is 37.0. The summed E-state index contributed by atoms with van der Waals surface area (Å²) in [5.41, 5.74) is -1.63. The Hall–Kier alpha value is -0.440. The number of hydrogen-bond acceptors (Lipinski definition) is 10. The van der Waals surface area contributed by atoms with Crippen molar-refractivity contribution in [1.82, 2.24) is 0 Å². The van der Waals surface area contributed by atoms with Gasteiger partial charge in [-0.15, -0.1) is 0 Å². The third-order valence-corrected chi connectivity index (χ3v) is 14.4. The fraction of sp³-hybridized carbons (Fsp3) is 0.905. The quantitative estimate of drug-likeness (QED) is 0.140. The summed E-state index contributed by atoms with van der Waals surface area (Å²) in [6.07, 6.45) is 5.51. The fourth-order valence-corrected chi connectivity index (χ4v) is 10.5. The average Bonchev–Trinajstić information content (AvgIpc) is 3.47. The molecule has 5 aliphatic heterocycles. The summed E-state index contributed by atoms with van der Waals surface area (Å²) in [7, 11) is 0. The van der Waals surface area contributed by atoms with E-state index in [4.69, 9.17) is 23.7 Å². The number of rotatable bonds is 12. The predicted octanol–water partition coefficient (Wildman–Crippen LogP) is 5.81. The molecule has 1 radical (unpaired) electrons. The van der Waals surface area contributed by atoms with E-state index in [9.17, 15) is 30.0 Å². The Morgan fingerprint density at radius 2 is 1.56 bits per heavy atom. The van der Waals surface area contributed by atoms with Crippen LogP contribution in [0.3, 0.4) is 0 Å². The maximum absolute atomic E-state index is 14.4. The van der Waals surface area contributed by atoms with Crippen molar-refractivity contribution < 1.29 is 53.7 Å². The van der Waals surface area contributed by atoms with E-state index < -0.39 is 76.8 Å². The van der Waals surface area contributed by atoms with Crippen LogP contribution in [0.2, 0.25) is 0 Å². The number of aliphatic hydroxyl groups excluding tert-OH is 2. The van der Waals surface area contributed by atoms with Crippen molar-refractivity contribution in [2.24, 2.45) is 41.4 Å². The summed E-state index contributed by atoms with van der Waals surface area (Å²) >= 11 is 0. The van der Waals surface area contributed by atoms with Gasteiger partial charge in [0.1, 0.15) is 11.9 Å². The summed E-state index contributed by atoms with van der Waals surface area (Å²) in [6, 6.07) is 0. The van der Waals surface area contributed by atoms with Crippen molar-refractivity contribution in [3.63, 3.8) is 0 Å². The molecule has 0 aliphatic carbocycles. The first-order valence-electron chi connectivity index (χ1n) is 20.7. The molecule has 0 aromatic carbocycles. The second kappa shape index (κ2) is 17.8. The molecule has 4 N–H and O–H groups in total. The van der Waals surface area contributed by atoms with Crippen molar-refractivity contribution >= 4 is 41.3 Å². The van der Waals surface area contributed by atoms with Crippen molar-refractivity contribution in [3.05, 3.63) is 12.2 Å². The Bertz CT molecular complexity index is 1330. The van der Waals surface area contributed by atoms with E-state index in [1.54, 1.807) is 19.1 Å². The molecule has 0 aromatic rings. The molecule has 0 amide bonds. The monoisotopic (exact) mass is 773 g/mol. The smallest absolute Gasteiger partial charge is 0.309 e. The van der Waals surface area contributed by atoms with Crippen LogP contribution in [0.15, 0.2) is 12.2 Å². The van der Waals surface area contributed by atoms with E-state index in [0.717, 1.165) is 6.42 Å². The molecule has 12 heteroatoms. The van der Waals surface area contributed by atoms with Gasteiger partial charge in [0.05, 0.1) is 53.7 Å². The van der Waals surface area contributed by atoms with Gasteiger partial charge in [0.2, 0.25) is 5.79 Å². The number of carboxylic acid groups (broad SMARTS) is 1. The molecule has 18 atom stereocenters. The van der Waals surface area contributed by atoms with E-state index in [1.807, 2.05) is 41.5 Å². The van der Waals surface area contributed by atoms with Gasteiger partial charge < -0.3 is 44.1 Å². The number of aliphatic hydroxyl groups is 3. The van der Waals surface area contributed by atoms with Gasteiger partial charge in [-0.1, -0.05) is 55.4 Å². The standard InChI is InChI=1S/C42H70O11.Na/c1-11-29(38(46)47)31-15-14-23(4)36(50-31)27(8)34(44)26(7)35(45)30(12-2)37-24(5)22-25(6)41(51-37)19-16-32(43)42(53-41)21-20-39(10,52-42)33-17-18-40(48,13-3)28(9)49-33;/h16,19,23-34,36-37,43-44,48H,11-15,17-18,20-22H2,1-10H3,(H,46,47);/t23-,24-,25+,26-,27-,28-,29+,30-,31+,32+,33+,34+,36+,37-,39-,40+,41-,42-;/m0./s1. The van der Waals surface area contributed by atoms with Crippen LogP contribution in [0.1, 0.15) is 133 Å². The minimum absolute atomic E-state index is 0. The topological polar surface area (TPSA) is 161 Å². The third-order valence-electron chi connectivity index (χ3n) is 14.4. The first-order chi connectivity index (χ1) is 24.8. The maximum atomic E-state index is 14.4. The number of hydrogen-bond donors (Lipinski definition) is 4. The number of ketones is 1. The SMILES string of the molecule is CC[C@@H](C(=O)[C@@H](C)[C@@H](O)[C@H](C)[C@@H]1O[C@@H]([C@@H](CC)C(=O)O)CC[C@@H]1C)[C@H]1O[C@]2(C=C[C@@H](O)[C@]3(CC[C@@](C)([C@H]4CC[C@](O)(CC)[C@H](C)O4)O3)O2)[C@H](C)C[C@@H]1C.[Na]. The number of Topliss-reactive ketones (excluding diaryl/α,β-unsaturated/α-hetero) is 1. The summed E-state index contributed by atoms with van der Waals surface area (Å²) in [5.74, 6) is -5.78. The Labute approximate surface area is 345 Å². The van der Waals surface area contributed by atoms with Crippen LogP contribution in [0.5, 0.6) is 0 Å². The van der Waals surface area contributed by atoms with Gasteiger partial charge in [-0.05, 0) is 95.6 Å². The maximum Gasteiger partial charge on any atom is 0.309 e. The Morgan fingerprint density at radius 1 is 0.889 bits per heavy atom. The molecule has 5 rings (SSSR count). The molecule has 4 saturated heterocycles. The molecule has 54 heavy (non-hydrogen) atoms. The number of ether oxygens (including phenoxy) is 5. The Morgan fingerprint density at radius 3 is 2.15 bits per heavy atom.